The summed E-state index contributed by atoms with van der Waals surface area (Å²) in [4.78, 5) is 13.4. The third-order valence-corrected chi connectivity index (χ3v) is 5.93. The third-order valence-electron chi connectivity index (χ3n) is 5.93. The standard InChI is InChI=1S/C30H30N4O4/c1-37-27-18-24(14-17-26(27)38-20-22-10-6-3-7-11-22)28(30(35)32-19-21-8-4-2-5-9-21)33-25-15-12-23(13-16-25)29(31)34-36/h2-18,28,33,36H,19-20H2,1H3,(H2,31,34)(H,32,35). The first-order valence-corrected chi connectivity index (χ1v) is 12.1. The second-order valence-electron chi connectivity index (χ2n) is 8.53. The van der Waals surface area contributed by atoms with E-state index in [4.69, 9.17) is 20.4 Å². The highest BCUT2D eigenvalue weighted by atomic mass is 16.5. The van der Waals surface area contributed by atoms with E-state index in [2.05, 4.69) is 15.8 Å². The summed E-state index contributed by atoms with van der Waals surface area (Å²) in [5, 5.41) is 18.3. The lowest BCUT2D eigenvalue weighted by atomic mass is 10.0. The average Bonchev–Trinajstić information content (AvgIpc) is 2.98. The number of carbonyl (C=O) groups excluding carboxylic acids is 1. The zero-order valence-corrected chi connectivity index (χ0v) is 21.0. The Morgan fingerprint density at radius 2 is 1.55 bits per heavy atom. The van der Waals surface area contributed by atoms with Gasteiger partial charge in [-0.15, -0.1) is 0 Å². The van der Waals surface area contributed by atoms with Gasteiger partial charge < -0.3 is 31.0 Å². The summed E-state index contributed by atoms with van der Waals surface area (Å²) < 4.78 is 11.6. The molecule has 0 aliphatic carbocycles. The van der Waals surface area contributed by atoms with Crippen LogP contribution in [0.2, 0.25) is 0 Å². The van der Waals surface area contributed by atoms with Crippen LogP contribution in [0, 0.1) is 0 Å². The molecule has 0 spiro atoms. The first-order valence-electron chi connectivity index (χ1n) is 12.1. The fraction of sp³-hybridized carbons (Fsp3) is 0.133. The van der Waals surface area contributed by atoms with Gasteiger partial charge in [-0.05, 0) is 53.1 Å². The van der Waals surface area contributed by atoms with Crippen molar-refractivity contribution >= 4 is 17.4 Å². The number of nitrogens with one attached hydrogen (secondary N) is 2. The van der Waals surface area contributed by atoms with E-state index in [0.717, 1.165) is 11.1 Å². The van der Waals surface area contributed by atoms with Crippen molar-refractivity contribution in [3.63, 3.8) is 0 Å². The highest BCUT2D eigenvalue weighted by molar-refractivity contribution is 5.97. The predicted molar refractivity (Wildman–Crippen MR) is 147 cm³/mol. The molecule has 194 valence electrons. The third kappa shape index (κ3) is 6.82. The molecule has 1 atom stereocenters. The molecule has 0 saturated heterocycles. The molecule has 38 heavy (non-hydrogen) atoms. The van der Waals surface area contributed by atoms with Gasteiger partial charge in [0.15, 0.2) is 17.3 Å². The first kappa shape index (κ1) is 26.1. The Labute approximate surface area is 221 Å². The molecule has 0 heterocycles. The molecule has 8 nitrogen and oxygen atoms in total. The Hall–Kier alpha value is -4.98. The van der Waals surface area contributed by atoms with E-state index in [1.807, 2.05) is 66.7 Å². The lowest BCUT2D eigenvalue weighted by molar-refractivity contribution is -0.122. The average molecular weight is 511 g/mol. The number of hydrogen-bond donors (Lipinski definition) is 4. The van der Waals surface area contributed by atoms with Crippen molar-refractivity contribution in [2.24, 2.45) is 10.9 Å². The maximum absolute atomic E-state index is 13.4. The van der Waals surface area contributed by atoms with Crippen LogP contribution in [0.5, 0.6) is 11.5 Å². The minimum Gasteiger partial charge on any atom is -0.493 e. The number of rotatable bonds is 11. The number of amides is 1. The van der Waals surface area contributed by atoms with Crippen molar-refractivity contribution in [1.29, 1.82) is 0 Å². The number of carbonyl (C=O) groups is 1. The predicted octanol–water partition coefficient (Wildman–Crippen LogP) is 4.84. The van der Waals surface area contributed by atoms with Crippen LogP contribution in [0.4, 0.5) is 5.69 Å². The number of benzene rings is 4. The molecule has 0 aliphatic heterocycles. The molecule has 0 bridgehead atoms. The Morgan fingerprint density at radius 1 is 0.895 bits per heavy atom. The van der Waals surface area contributed by atoms with Crippen LogP contribution in [0.15, 0.2) is 108 Å². The number of ether oxygens (including phenoxy) is 2. The SMILES string of the molecule is COc1cc(C(Nc2ccc(/C(N)=N\O)cc2)C(=O)NCc2ccccc2)ccc1OCc1ccccc1. The van der Waals surface area contributed by atoms with Gasteiger partial charge in [0.1, 0.15) is 12.6 Å². The molecule has 4 aromatic carbocycles. The van der Waals surface area contributed by atoms with E-state index in [1.165, 1.54) is 0 Å². The molecule has 1 amide bonds. The number of nitrogens with zero attached hydrogens (tertiary/aromatic N) is 1. The molecule has 0 aromatic heterocycles. The maximum Gasteiger partial charge on any atom is 0.247 e. The largest absolute Gasteiger partial charge is 0.493 e. The van der Waals surface area contributed by atoms with Crippen LogP contribution in [-0.4, -0.2) is 24.1 Å². The highest BCUT2D eigenvalue weighted by Crippen LogP contribution is 2.32. The van der Waals surface area contributed by atoms with Gasteiger partial charge in [-0.3, -0.25) is 4.79 Å². The summed E-state index contributed by atoms with van der Waals surface area (Å²) >= 11 is 0. The molecule has 1 unspecified atom stereocenters. The second kappa shape index (κ2) is 12.8. The van der Waals surface area contributed by atoms with Crippen molar-refractivity contribution < 1.29 is 19.5 Å². The number of methoxy groups -OCH3 is 1. The Morgan fingerprint density at radius 3 is 2.18 bits per heavy atom. The summed E-state index contributed by atoms with van der Waals surface area (Å²) in [5.74, 6) is 0.883. The van der Waals surface area contributed by atoms with Crippen molar-refractivity contribution in [1.82, 2.24) is 5.32 Å². The van der Waals surface area contributed by atoms with Gasteiger partial charge in [0, 0.05) is 17.8 Å². The molecule has 8 heteroatoms. The molecule has 0 fully saturated rings. The highest BCUT2D eigenvalue weighted by Gasteiger charge is 2.22. The summed E-state index contributed by atoms with van der Waals surface area (Å²) in [6.45, 7) is 0.776. The smallest absolute Gasteiger partial charge is 0.247 e. The van der Waals surface area contributed by atoms with Crippen molar-refractivity contribution in [2.45, 2.75) is 19.2 Å². The molecule has 0 aliphatic rings. The van der Waals surface area contributed by atoms with Crippen molar-refractivity contribution in [3.05, 3.63) is 125 Å². The van der Waals surface area contributed by atoms with Crippen LogP contribution in [0.3, 0.4) is 0 Å². The number of oxime groups is 1. The topological polar surface area (TPSA) is 118 Å². The van der Waals surface area contributed by atoms with E-state index >= 15 is 0 Å². The second-order valence-corrected chi connectivity index (χ2v) is 8.53. The summed E-state index contributed by atoms with van der Waals surface area (Å²) in [5.41, 5.74) is 9.64. The van der Waals surface area contributed by atoms with Gasteiger partial charge in [0.25, 0.3) is 0 Å². The molecule has 4 aromatic rings. The number of nitrogens with two attached hydrogens (primary N) is 1. The molecule has 0 radical (unpaired) electrons. The molecule has 5 N–H and O–H groups in total. The zero-order valence-electron chi connectivity index (χ0n) is 21.0. The number of amidine groups is 1. The Bertz CT molecular complexity index is 1360. The summed E-state index contributed by atoms with van der Waals surface area (Å²) in [6.07, 6.45) is 0. The maximum atomic E-state index is 13.4. The van der Waals surface area contributed by atoms with E-state index in [1.54, 1.807) is 43.5 Å². The normalized spacial score (nSPS) is 11.9. The van der Waals surface area contributed by atoms with Gasteiger partial charge in [0.05, 0.1) is 7.11 Å². The molecule has 4 rings (SSSR count). The Kier molecular flexibility index (Phi) is 8.80. The monoisotopic (exact) mass is 510 g/mol. The van der Waals surface area contributed by atoms with Crippen molar-refractivity contribution in [3.8, 4) is 11.5 Å². The molecular formula is C30H30N4O4. The fourth-order valence-corrected chi connectivity index (χ4v) is 3.87. The lowest BCUT2D eigenvalue weighted by Gasteiger charge is -2.22. The van der Waals surface area contributed by atoms with Gasteiger partial charge in [-0.2, -0.15) is 0 Å². The van der Waals surface area contributed by atoms with Crippen LogP contribution in [-0.2, 0) is 17.9 Å². The van der Waals surface area contributed by atoms with Gasteiger partial charge in [0.2, 0.25) is 5.91 Å². The van der Waals surface area contributed by atoms with Crippen LogP contribution in [0.1, 0.15) is 28.3 Å². The van der Waals surface area contributed by atoms with E-state index in [0.29, 0.717) is 41.5 Å². The van der Waals surface area contributed by atoms with Crippen molar-refractivity contribution in [2.75, 3.05) is 12.4 Å². The minimum atomic E-state index is -0.731. The Balaban J connectivity index is 1.57. The van der Waals surface area contributed by atoms with E-state index < -0.39 is 6.04 Å². The zero-order chi connectivity index (χ0) is 26.7. The quantitative estimate of drug-likeness (QED) is 0.0993. The molecular weight excluding hydrogens is 480 g/mol. The minimum absolute atomic E-state index is 0.00420. The van der Waals surface area contributed by atoms with Crippen LogP contribution < -0.4 is 25.8 Å². The first-order chi connectivity index (χ1) is 18.6. The van der Waals surface area contributed by atoms with Crippen LogP contribution in [0.25, 0.3) is 0 Å². The fourth-order valence-electron chi connectivity index (χ4n) is 3.87. The summed E-state index contributed by atoms with van der Waals surface area (Å²) in [6, 6.07) is 31.2. The van der Waals surface area contributed by atoms with Gasteiger partial charge >= 0.3 is 0 Å². The van der Waals surface area contributed by atoms with E-state index in [9.17, 15) is 4.79 Å². The lowest BCUT2D eigenvalue weighted by Crippen LogP contribution is -2.33. The molecule has 0 saturated carbocycles. The van der Waals surface area contributed by atoms with E-state index in [-0.39, 0.29) is 11.7 Å². The number of hydrogen-bond acceptors (Lipinski definition) is 6. The van der Waals surface area contributed by atoms with Gasteiger partial charge in [-0.25, -0.2) is 0 Å². The number of anilines is 1. The van der Waals surface area contributed by atoms with Crippen LogP contribution >= 0.6 is 0 Å². The van der Waals surface area contributed by atoms with Gasteiger partial charge in [-0.1, -0.05) is 71.9 Å². The summed E-state index contributed by atoms with van der Waals surface area (Å²) in [7, 11) is 1.57.